The first kappa shape index (κ1) is 16.0. The molecular formula is C18H20N2O4. The number of benzene rings is 2. The highest BCUT2D eigenvalue weighted by Crippen LogP contribution is 2.32. The van der Waals surface area contributed by atoms with Gasteiger partial charge >= 0.3 is 0 Å². The van der Waals surface area contributed by atoms with E-state index >= 15 is 0 Å². The SMILES string of the molecule is COc1ccc(CCC(=O)NCc2ccc3c(c2)OCO3)cc1N. The average molecular weight is 328 g/mol. The quantitative estimate of drug-likeness (QED) is 0.795. The van der Waals surface area contributed by atoms with Crippen molar-refractivity contribution in [2.75, 3.05) is 19.6 Å². The van der Waals surface area contributed by atoms with Crippen LogP contribution in [0, 0.1) is 0 Å². The number of aryl methyl sites for hydroxylation is 1. The Morgan fingerprint density at radius 2 is 1.96 bits per heavy atom. The summed E-state index contributed by atoms with van der Waals surface area (Å²) in [7, 11) is 1.58. The number of nitrogens with two attached hydrogens (primary N) is 1. The fourth-order valence-electron chi connectivity index (χ4n) is 2.54. The van der Waals surface area contributed by atoms with E-state index in [1.54, 1.807) is 7.11 Å². The number of carbonyl (C=O) groups excluding carboxylic acids is 1. The van der Waals surface area contributed by atoms with E-state index < -0.39 is 0 Å². The van der Waals surface area contributed by atoms with Crippen molar-refractivity contribution in [2.45, 2.75) is 19.4 Å². The number of hydrogen-bond donors (Lipinski definition) is 2. The van der Waals surface area contributed by atoms with Crippen LogP contribution < -0.4 is 25.3 Å². The summed E-state index contributed by atoms with van der Waals surface area (Å²) in [6.07, 6.45) is 1.03. The van der Waals surface area contributed by atoms with Crippen molar-refractivity contribution in [3.05, 3.63) is 47.5 Å². The van der Waals surface area contributed by atoms with Gasteiger partial charge in [-0.15, -0.1) is 0 Å². The van der Waals surface area contributed by atoms with Crippen LogP contribution in [0.25, 0.3) is 0 Å². The Kier molecular flexibility index (Phi) is 4.74. The van der Waals surface area contributed by atoms with Crippen molar-refractivity contribution in [1.29, 1.82) is 0 Å². The molecule has 3 N–H and O–H groups in total. The van der Waals surface area contributed by atoms with E-state index in [9.17, 15) is 4.79 Å². The number of nitrogen functional groups attached to an aromatic ring is 1. The number of carbonyl (C=O) groups is 1. The Bertz CT molecular complexity index is 746. The predicted octanol–water partition coefficient (Wildman–Crippen LogP) is 2.26. The second-order valence-electron chi connectivity index (χ2n) is 5.54. The molecule has 0 unspecified atom stereocenters. The summed E-state index contributed by atoms with van der Waals surface area (Å²) in [5, 5.41) is 2.91. The molecule has 0 radical (unpaired) electrons. The number of fused-ring (bicyclic) bond motifs is 1. The molecule has 0 aromatic heterocycles. The van der Waals surface area contributed by atoms with Crippen LogP contribution in [-0.2, 0) is 17.8 Å². The lowest BCUT2D eigenvalue weighted by atomic mass is 10.1. The first-order chi connectivity index (χ1) is 11.7. The molecule has 6 heteroatoms. The molecule has 1 aliphatic heterocycles. The molecule has 6 nitrogen and oxygen atoms in total. The molecule has 24 heavy (non-hydrogen) atoms. The molecule has 0 saturated carbocycles. The topological polar surface area (TPSA) is 82.8 Å². The molecule has 3 rings (SSSR count). The lowest BCUT2D eigenvalue weighted by molar-refractivity contribution is -0.121. The van der Waals surface area contributed by atoms with Crippen molar-refractivity contribution in [2.24, 2.45) is 0 Å². The molecule has 1 amide bonds. The van der Waals surface area contributed by atoms with E-state index in [4.69, 9.17) is 19.9 Å². The second kappa shape index (κ2) is 7.12. The van der Waals surface area contributed by atoms with Gasteiger partial charge < -0.3 is 25.3 Å². The molecule has 126 valence electrons. The van der Waals surface area contributed by atoms with Crippen LogP contribution in [0.4, 0.5) is 5.69 Å². The van der Waals surface area contributed by atoms with E-state index in [0.717, 1.165) is 22.6 Å². The number of methoxy groups -OCH3 is 1. The van der Waals surface area contributed by atoms with Crippen molar-refractivity contribution in [3.63, 3.8) is 0 Å². The molecule has 0 spiro atoms. The third-order valence-electron chi connectivity index (χ3n) is 3.86. The highest BCUT2D eigenvalue weighted by Gasteiger charge is 2.13. The average Bonchev–Trinajstić information content (AvgIpc) is 3.06. The van der Waals surface area contributed by atoms with Gasteiger partial charge in [-0.1, -0.05) is 12.1 Å². The maximum Gasteiger partial charge on any atom is 0.231 e. The molecule has 1 heterocycles. The van der Waals surface area contributed by atoms with Gasteiger partial charge in [0.05, 0.1) is 12.8 Å². The van der Waals surface area contributed by atoms with Crippen LogP contribution in [-0.4, -0.2) is 19.8 Å². The zero-order chi connectivity index (χ0) is 16.9. The summed E-state index contributed by atoms with van der Waals surface area (Å²) in [6, 6.07) is 11.2. The van der Waals surface area contributed by atoms with Gasteiger partial charge in [-0.05, 0) is 41.8 Å². The third kappa shape index (κ3) is 3.71. The number of ether oxygens (including phenoxy) is 3. The summed E-state index contributed by atoms with van der Waals surface area (Å²) < 4.78 is 15.7. The van der Waals surface area contributed by atoms with Crippen molar-refractivity contribution in [3.8, 4) is 17.2 Å². The summed E-state index contributed by atoms with van der Waals surface area (Å²) in [4.78, 5) is 12.0. The predicted molar refractivity (Wildman–Crippen MR) is 90.1 cm³/mol. The minimum Gasteiger partial charge on any atom is -0.495 e. The highest BCUT2D eigenvalue weighted by molar-refractivity contribution is 5.76. The zero-order valence-corrected chi connectivity index (χ0v) is 13.5. The Labute approximate surface area is 140 Å². The Balaban J connectivity index is 1.48. The highest BCUT2D eigenvalue weighted by atomic mass is 16.7. The number of rotatable bonds is 6. The third-order valence-corrected chi connectivity index (χ3v) is 3.86. The van der Waals surface area contributed by atoms with Gasteiger partial charge in [0.1, 0.15) is 5.75 Å². The molecule has 0 aliphatic carbocycles. The molecule has 2 aromatic rings. The van der Waals surface area contributed by atoms with Gasteiger partial charge in [-0.25, -0.2) is 0 Å². The molecule has 2 aromatic carbocycles. The monoisotopic (exact) mass is 328 g/mol. The molecule has 0 saturated heterocycles. The lowest BCUT2D eigenvalue weighted by Crippen LogP contribution is -2.23. The van der Waals surface area contributed by atoms with Gasteiger partial charge in [0.2, 0.25) is 12.7 Å². The van der Waals surface area contributed by atoms with Crippen molar-refractivity contribution < 1.29 is 19.0 Å². The van der Waals surface area contributed by atoms with Crippen molar-refractivity contribution >= 4 is 11.6 Å². The molecule has 0 bridgehead atoms. The first-order valence-corrected chi connectivity index (χ1v) is 7.73. The number of amides is 1. The second-order valence-corrected chi connectivity index (χ2v) is 5.54. The van der Waals surface area contributed by atoms with Gasteiger partial charge in [-0.2, -0.15) is 0 Å². The summed E-state index contributed by atoms with van der Waals surface area (Å²) in [5.41, 5.74) is 8.43. The fourth-order valence-corrected chi connectivity index (χ4v) is 2.54. The normalized spacial score (nSPS) is 12.0. The summed E-state index contributed by atoms with van der Waals surface area (Å²) in [5.74, 6) is 2.09. The molecule has 1 aliphatic rings. The standard InChI is InChI=1S/C18H20N2O4/c1-22-15-5-2-12(8-14(15)19)4-7-18(21)20-10-13-3-6-16-17(9-13)24-11-23-16/h2-3,5-6,8-9H,4,7,10-11,19H2,1H3,(H,20,21). The number of nitrogens with one attached hydrogen (secondary N) is 1. The van der Waals surface area contributed by atoms with E-state index in [1.165, 1.54) is 0 Å². The van der Waals surface area contributed by atoms with E-state index in [0.29, 0.717) is 30.8 Å². The lowest BCUT2D eigenvalue weighted by Gasteiger charge is -2.08. The van der Waals surface area contributed by atoms with Crippen LogP contribution in [0.5, 0.6) is 17.2 Å². The maximum atomic E-state index is 12.0. The van der Waals surface area contributed by atoms with Gasteiger partial charge in [-0.3, -0.25) is 4.79 Å². The summed E-state index contributed by atoms with van der Waals surface area (Å²) in [6.45, 7) is 0.705. The van der Waals surface area contributed by atoms with Crippen LogP contribution in [0.1, 0.15) is 17.5 Å². The van der Waals surface area contributed by atoms with E-state index in [2.05, 4.69) is 5.32 Å². The Morgan fingerprint density at radius 1 is 1.17 bits per heavy atom. The van der Waals surface area contributed by atoms with Crippen LogP contribution in [0.2, 0.25) is 0 Å². The largest absolute Gasteiger partial charge is 0.495 e. The first-order valence-electron chi connectivity index (χ1n) is 7.73. The van der Waals surface area contributed by atoms with Crippen LogP contribution >= 0.6 is 0 Å². The van der Waals surface area contributed by atoms with Crippen LogP contribution in [0.15, 0.2) is 36.4 Å². The van der Waals surface area contributed by atoms with Crippen molar-refractivity contribution in [1.82, 2.24) is 5.32 Å². The van der Waals surface area contributed by atoms with Gasteiger partial charge in [0.15, 0.2) is 11.5 Å². The van der Waals surface area contributed by atoms with Gasteiger partial charge in [0, 0.05) is 13.0 Å². The molecule has 0 fully saturated rings. The van der Waals surface area contributed by atoms with E-state index in [1.807, 2.05) is 36.4 Å². The Hall–Kier alpha value is -2.89. The van der Waals surface area contributed by atoms with Crippen LogP contribution in [0.3, 0.4) is 0 Å². The minimum atomic E-state index is -0.0120. The number of anilines is 1. The van der Waals surface area contributed by atoms with Gasteiger partial charge in [0.25, 0.3) is 0 Å². The minimum absolute atomic E-state index is 0.0120. The number of hydrogen-bond acceptors (Lipinski definition) is 5. The zero-order valence-electron chi connectivity index (χ0n) is 13.5. The smallest absolute Gasteiger partial charge is 0.231 e. The maximum absolute atomic E-state index is 12.0. The summed E-state index contributed by atoms with van der Waals surface area (Å²) >= 11 is 0. The Morgan fingerprint density at radius 3 is 2.75 bits per heavy atom. The van der Waals surface area contributed by atoms with E-state index in [-0.39, 0.29) is 12.7 Å². The molecular weight excluding hydrogens is 308 g/mol. The fraction of sp³-hybridized carbons (Fsp3) is 0.278. The molecule has 0 atom stereocenters.